The van der Waals surface area contributed by atoms with E-state index in [1.165, 1.54) is 0 Å². The van der Waals surface area contributed by atoms with Crippen LogP contribution in [-0.2, 0) is 0 Å². The molecule has 6 heteroatoms. The Hall–Kier alpha value is -0.840. The number of hydrogen-bond acceptors (Lipinski definition) is 3. The van der Waals surface area contributed by atoms with Gasteiger partial charge in [-0.2, -0.15) is 0 Å². The zero-order chi connectivity index (χ0) is 14.9. The van der Waals surface area contributed by atoms with Gasteiger partial charge < -0.3 is 5.32 Å². The van der Waals surface area contributed by atoms with Gasteiger partial charge in [0, 0.05) is 21.9 Å². The molecule has 0 radical (unpaired) electrons. The molecule has 0 saturated carbocycles. The molecule has 0 aliphatic carbocycles. The Labute approximate surface area is 136 Å². The largest absolute Gasteiger partial charge is 0.377 e. The third-order valence-electron chi connectivity index (χ3n) is 2.92. The summed E-state index contributed by atoms with van der Waals surface area (Å²) in [6.07, 6.45) is 1.67. The molecule has 20 heavy (non-hydrogen) atoms. The van der Waals surface area contributed by atoms with Crippen molar-refractivity contribution < 1.29 is 0 Å². The zero-order valence-electron chi connectivity index (χ0n) is 11.3. The minimum absolute atomic E-state index is 0.0220. The van der Waals surface area contributed by atoms with E-state index in [-0.39, 0.29) is 6.04 Å². The first-order valence-electron chi connectivity index (χ1n) is 6.09. The molecule has 1 N–H and O–H groups in total. The van der Waals surface area contributed by atoms with E-state index in [2.05, 4.69) is 31.2 Å². The van der Waals surface area contributed by atoms with Crippen molar-refractivity contribution in [3.8, 4) is 0 Å². The van der Waals surface area contributed by atoms with Crippen molar-refractivity contribution in [2.45, 2.75) is 26.8 Å². The van der Waals surface area contributed by atoms with Crippen molar-refractivity contribution in [1.29, 1.82) is 0 Å². The molecule has 1 unspecified atom stereocenters. The van der Waals surface area contributed by atoms with Crippen LogP contribution >= 0.6 is 39.1 Å². The van der Waals surface area contributed by atoms with E-state index in [0.717, 1.165) is 27.1 Å². The summed E-state index contributed by atoms with van der Waals surface area (Å²) in [7, 11) is 0. The predicted molar refractivity (Wildman–Crippen MR) is 87.7 cm³/mol. The first-order chi connectivity index (χ1) is 9.38. The molecule has 0 amide bonds. The molecule has 1 atom stereocenters. The van der Waals surface area contributed by atoms with Gasteiger partial charge in [0.05, 0.1) is 22.4 Å². The van der Waals surface area contributed by atoms with E-state index in [1.807, 2.05) is 32.9 Å². The highest BCUT2D eigenvalue weighted by atomic mass is 79.9. The van der Waals surface area contributed by atoms with E-state index < -0.39 is 0 Å². The molecule has 0 spiro atoms. The van der Waals surface area contributed by atoms with Gasteiger partial charge in [0.1, 0.15) is 5.15 Å². The van der Waals surface area contributed by atoms with Gasteiger partial charge in [0.15, 0.2) is 0 Å². The highest BCUT2D eigenvalue weighted by Crippen LogP contribution is 2.31. The summed E-state index contributed by atoms with van der Waals surface area (Å²) >= 11 is 15.8. The molecule has 3 nitrogen and oxygen atoms in total. The lowest BCUT2D eigenvalue weighted by molar-refractivity contribution is 0.872. The quantitative estimate of drug-likeness (QED) is 0.737. The predicted octanol–water partition coefficient (Wildman–Crippen LogP) is 5.34. The van der Waals surface area contributed by atoms with Crippen LogP contribution in [0.5, 0.6) is 0 Å². The van der Waals surface area contributed by atoms with Crippen molar-refractivity contribution in [3.05, 3.63) is 49.9 Å². The van der Waals surface area contributed by atoms with Crippen LogP contribution in [0, 0.1) is 13.8 Å². The van der Waals surface area contributed by atoms with Crippen LogP contribution in [0.4, 0.5) is 5.69 Å². The van der Waals surface area contributed by atoms with Crippen molar-refractivity contribution in [2.75, 3.05) is 5.32 Å². The van der Waals surface area contributed by atoms with E-state index in [0.29, 0.717) is 10.2 Å². The summed E-state index contributed by atoms with van der Waals surface area (Å²) in [6, 6.07) is 3.85. The van der Waals surface area contributed by atoms with Crippen molar-refractivity contribution in [3.63, 3.8) is 0 Å². The van der Waals surface area contributed by atoms with E-state index >= 15 is 0 Å². The lowest BCUT2D eigenvalue weighted by Crippen LogP contribution is -2.09. The normalized spacial score (nSPS) is 12.3. The standard InChI is InChI=1S/C14H14BrCl2N3/c1-7-4-12(13(16)9(3)19-7)20-8(2)11-5-10(15)6-18-14(11)17/h4-6,8H,1-3H3,(H,19,20). The molecular formula is C14H14BrCl2N3. The number of nitrogens with one attached hydrogen (secondary N) is 1. The maximum absolute atomic E-state index is 6.28. The number of rotatable bonds is 3. The second kappa shape index (κ2) is 6.29. The number of aromatic nitrogens is 2. The fourth-order valence-corrected chi connectivity index (χ4v) is 2.74. The Bertz CT molecular complexity index is 647. The van der Waals surface area contributed by atoms with Crippen LogP contribution in [0.1, 0.15) is 29.9 Å². The second-order valence-electron chi connectivity index (χ2n) is 4.61. The van der Waals surface area contributed by atoms with Crippen molar-refractivity contribution >= 4 is 44.8 Å². The Morgan fingerprint density at radius 3 is 2.65 bits per heavy atom. The maximum atomic E-state index is 6.28. The van der Waals surface area contributed by atoms with E-state index in [4.69, 9.17) is 23.2 Å². The third kappa shape index (κ3) is 3.43. The average molecular weight is 375 g/mol. The van der Waals surface area contributed by atoms with Crippen LogP contribution in [0.2, 0.25) is 10.2 Å². The molecule has 0 bridgehead atoms. The van der Waals surface area contributed by atoms with Gasteiger partial charge in [-0.25, -0.2) is 4.98 Å². The molecule has 2 aromatic heterocycles. The Kier molecular flexibility index (Phi) is 4.89. The van der Waals surface area contributed by atoms with Gasteiger partial charge in [0.2, 0.25) is 0 Å². The fourth-order valence-electron chi connectivity index (χ4n) is 1.97. The summed E-state index contributed by atoms with van der Waals surface area (Å²) in [5, 5.41) is 4.46. The molecule has 0 saturated heterocycles. The number of pyridine rings is 2. The number of nitrogens with zero attached hydrogens (tertiary/aromatic N) is 2. The molecule has 2 aromatic rings. The topological polar surface area (TPSA) is 37.8 Å². The van der Waals surface area contributed by atoms with Crippen molar-refractivity contribution in [2.24, 2.45) is 0 Å². The zero-order valence-corrected chi connectivity index (χ0v) is 14.4. The van der Waals surface area contributed by atoms with Gasteiger partial charge in [-0.3, -0.25) is 4.98 Å². The van der Waals surface area contributed by atoms with Crippen LogP contribution in [-0.4, -0.2) is 9.97 Å². The minimum Gasteiger partial charge on any atom is -0.377 e. The van der Waals surface area contributed by atoms with Crippen LogP contribution in [0.15, 0.2) is 22.8 Å². The van der Waals surface area contributed by atoms with Crippen LogP contribution in [0.3, 0.4) is 0 Å². The Balaban J connectivity index is 2.32. The van der Waals surface area contributed by atoms with E-state index in [1.54, 1.807) is 6.20 Å². The fraction of sp³-hybridized carbons (Fsp3) is 0.286. The monoisotopic (exact) mass is 373 g/mol. The first kappa shape index (κ1) is 15.5. The first-order valence-corrected chi connectivity index (χ1v) is 7.64. The molecule has 0 aliphatic rings. The SMILES string of the molecule is Cc1cc(NC(C)c2cc(Br)cnc2Cl)c(Cl)c(C)n1. The molecule has 0 aliphatic heterocycles. The minimum atomic E-state index is -0.0220. The summed E-state index contributed by atoms with van der Waals surface area (Å²) < 4.78 is 0.888. The van der Waals surface area contributed by atoms with Gasteiger partial charge in [-0.1, -0.05) is 23.2 Å². The number of halogens is 3. The molecular weight excluding hydrogens is 361 g/mol. The molecule has 2 rings (SSSR count). The summed E-state index contributed by atoms with van der Waals surface area (Å²) in [5.74, 6) is 0. The third-order valence-corrected chi connectivity index (χ3v) is 4.15. The van der Waals surface area contributed by atoms with Gasteiger partial charge in [-0.05, 0) is 48.8 Å². The highest BCUT2D eigenvalue weighted by molar-refractivity contribution is 9.10. The van der Waals surface area contributed by atoms with Gasteiger partial charge in [-0.15, -0.1) is 0 Å². The Morgan fingerprint density at radius 1 is 1.25 bits per heavy atom. The lowest BCUT2D eigenvalue weighted by Gasteiger charge is -2.18. The second-order valence-corrected chi connectivity index (χ2v) is 6.26. The van der Waals surface area contributed by atoms with Crippen molar-refractivity contribution in [1.82, 2.24) is 9.97 Å². The number of aryl methyl sites for hydroxylation is 2. The van der Waals surface area contributed by atoms with E-state index in [9.17, 15) is 0 Å². The summed E-state index contributed by atoms with van der Waals surface area (Å²) in [4.78, 5) is 8.46. The van der Waals surface area contributed by atoms with Gasteiger partial charge >= 0.3 is 0 Å². The summed E-state index contributed by atoms with van der Waals surface area (Å²) in [5.41, 5.74) is 3.48. The maximum Gasteiger partial charge on any atom is 0.134 e. The number of anilines is 1. The molecule has 0 fully saturated rings. The van der Waals surface area contributed by atoms with Crippen LogP contribution in [0.25, 0.3) is 0 Å². The average Bonchev–Trinajstić information content (AvgIpc) is 2.38. The highest BCUT2D eigenvalue weighted by Gasteiger charge is 2.14. The molecule has 2 heterocycles. The van der Waals surface area contributed by atoms with Crippen LogP contribution < -0.4 is 5.32 Å². The molecule has 0 aromatic carbocycles. The van der Waals surface area contributed by atoms with Gasteiger partial charge in [0.25, 0.3) is 0 Å². The number of hydrogen-bond donors (Lipinski definition) is 1. The molecule has 106 valence electrons. The lowest BCUT2D eigenvalue weighted by atomic mass is 10.1. The smallest absolute Gasteiger partial charge is 0.134 e. The summed E-state index contributed by atoms with van der Waals surface area (Å²) in [6.45, 7) is 5.84. The Morgan fingerprint density at radius 2 is 1.95 bits per heavy atom.